The van der Waals surface area contributed by atoms with Crippen LogP contribution in [0.25, 0.3) is 0 Å². The van der Waals surface area contributed by atoms with Crippen LogP contribution < -0.4 is 10.2 Å². The molecule has 2 aliphatic heterocycles. The van der Waals surface area contributed by atoms with Crippen LogP contribution in [0.1, 0.15) is 12.8 Å². The van der Waals surface area contributed by atoms with Gasteiger partial charge in [0.05, 0.1) is 15.9 Å². The summed E-state index contributed by atoms with van der Waals surface area (Å²) in [6, 6.07) is 3.75. The first kappa shape index (κ1) is 20.3. The maximum atomic E-state index is 12.3. The average molecular weight is 412 g/mol. The summed E-state index contributed by atoms with van der Waals surface area (Å²) in [6.07, 6.45) is 3.04. The van der Waals surface area contributed by atoms with Gasteiger partial charge in [0.15, 0.2) is 9.84 Å². The summed E-state index contributed by atoms with van der Waals surface area (Å²) < 4.78 is 28.8. The number of hydrogen-bond donors (Lipinski definition) is 1. The van der Waals surface area contributed by atoms with E-state index < -0.39 is 14.8 Å². The number of nitro benzene ring substituents is 1. The fourth-order valence-corrected chi connectivity index (χ4v) is 4.06. The maximum Gasteiger partial charge on any atom is 0.317 e. The number of hydrogen-bond acceptors (Lipinski definition) is 7. The van der Waals surface area contributed by atoms with Crippen molar-refractivity contribution in [3.05, 3.63) is 28.3 Å². The van der Waals surface area contributed by atoms with Gasteiger partial charge < -0.3 is 19.9 Å². The predicted octanol–water partition coefficient (Wildman–Crippen LogP) is 1.01. The Hall–Kier alpha value is -2.40. The van der Waals surface area contributed by atoms with Crippen molar-refractivity contribution in [2.75, 3.05) is 50.5 Å². The van der Waals surface area contributed by atoms with E-state index in [1.165, 1.54) is 12.1 Å². The molecule has 1 aromatic rings. The molecule has 11 heteroatoms. The second kappa shape index (κ2) is 8.31. The third-order valence-corrected chi connectivity index (χ3v) is 6.09. The van der Waals surface area contributed by atoms with Crippen LogP contribution in [0.15, 0.2) is 23.1 Å². The molecule has 0 aromatic heterocycles. The van der Waals surface area contributed by atoms with Crippen LogP contribution in [-0.2, 0) is 14.6 Å². The van der Waals surface area contributed by atoms with Crippen LogP contribution in [-0.4, -0.2) is 76.0 Å². The van der Waals surface area contributed by atoms with E-state index in [1.807, 2.05) is 0 Å². The fourth-order valence-electron chi connectivity index (χ4n) is 3.42. The second-order valence-electron chi connectivity index (χ2n) is 6.97. The number of sulfone groups is 1. The summed E-state index contributed by atoms with van der Waals surface area (Å²) in [5.41, 5.74) is 0.107. The Morgan fingerprint density at radius 3 is 2.61 bits per heavy atom. The van der Waals surface area contributed by atoms with Crippen molar-refractivity contribution in [2.24, 2.45) is 0 Å². The number of benzene rings is 1. The van der Waals surface area contributed by atoms with Crippen LogP contribution in [0.5, 0.6) is 0 Å². The van der Waals surface area contributed by atoms with E-state index in [4.69, 9.17) is 4.74 Å². The number of nitro groups is 1. The highest BCUT2D eigenvalue weighted by molar-refractivity contribution is 7.90. The Morgan fingerprint density at radius 2 is 2.04 bits per heavy atom. The number of anilines is 1. The molecule has 2 fully saturated rings. The summed E-state index contributed by atoms with van der Waals surface area (Å²) in [7, 11) is -3.53. The number of carbonyl (C=O) groups is 1. The SMILES string of the molecule is CS(=O)(=O)c1ccc(N2CCN(C(=O)NC[C@H]3CCCO3)CC2)c([N+](=O)[O-])c1. The molecule has 0 bridgehead atoms. The summed E-state index contributed by atoms with van der Waals surface area (Å²) >= 11 is 0. The lowest BCUT2D eigenvalue weighted by atomic mass is 10.2. The number of carbonyl (C=O) groups excluding carboxylic acids is 1. The van der Waals surface area contributed by atoms with Crippen molar-refractivity contribution in [1.82, 2.24) is 10.2 Å². The van der Waals surface area contributed by atoms with Crippen molar-refractivity contribution >= 4 is 27.2 Å². The lowest BCUT2D eigenvalue weighted by Crippen LogP contribution is -2.52. The zero-order valence-corrected chi connectivity index (χ0v) is 16.5. The minimum atomic E-state index is -3.53. The summed E-state index contributed by atoms with van der Waals surface area (Å²) in [5.74, 6) is 0. The molecule has 10 nitrogen and oxygen atoms in total. The molecule has 154 valence electrons. The molecule has 2 aliphatic rings. The number of nitrogens with one attached hydrogen (secondary N) is 1. The molecule has 2 amide bonds. The lowest BCUT2D eigenvalue weighted by Gasteiger charge is -2.36. The van der Waals surface area contributed by atoms with Gasteiger partial charge in [-0.05, 0) is 25.0 Å². The molecule has 2 heterocycles. The van der Waals surface area contributed by atoms with E-state index in [1.54, 1.807) is 9.80 Å². The topological polar surface area (TPSA) is 122 Å². The Kier molecular flexibility index (Phi) is 6.04. The zero-order chi connectivity index (χ0) is 20.3. The zero-order valence-electron chi connectivity index (χ0n) is 15.7. The van der Waals surface area contributed by atoms with Crippen LogP contribution in [0.3, 0.4) is 0 Å². The minimum Gasteiger partial charge on any atom is -0.376 e. The third kappa shape index (κ3) is 4.71. The van der Waals surface area contributed by atoms with E-state index in [0.29, 0.717) is 38.4 Å². The van der Waals surface area contributed by atoms with Crippen molar-refractivity contribution in [3.63, 3.8) is 0 Å². The Morgan fingerprint density at radius 1 is 1.32 bits per heavy atom. The Bertz CT molecular complexity index is 845. The van der Waals surface area contributed by atoms with Crippen molar-refractivity contribution < 1.29 is 22.9 Å². The molecule has 0 aliphatic carbocycles. The molecule has 0 unspecified atom stereocenters. The van der Waals surface area contributed by atoms with Crippen molar-refractivity contribution in [2.45, 2.75) is 23.8 Å². The predicted molar refractivity (Wildman–Crippen MR) is 102 cm³/mol. The van der Waals surface area contributed by atoms with Crippen molar-refractivity contribution in [3.8, 4) is 0 Å². The number of nitrogens with zero attached hydrogens (tertiary/aromatic N) is 3. The highest BCUT2D eigenvalue weighted by Crippen LogP contribution is 2.31. The van der Waals surface area contributed by atoms with Crippen LogP contribution in [0, 0.1) is 10.1 Å². The summed E-state index contributed by atoms with van der Waals surface area (Å²) in [6.45, 7) is 2.90. The van der Waals surface area contributed by atoms with Gasteiger partial charge in [-0.1, -0.05) is 0 Å². The molecule has 0 radical (unpaired) electrons. The lowest BCUT2D eigenvalue weighted by molar-refractivity contribution is -0.384. The molecule has 3 rings (SSSR count). The minimum absolute atomic E-state index is 0.0706. The van der Waals surface area contributed by atoms with Crippen LogP contribution in [0.2, 0.25) is 0 Å². The number of piperazine rings is 1. The molecule has 1 atom stereocenters. The first-order valence-corrected chi connectivity index (χ1v) is 11.0. The molecule has 0 saturated carbocycles. The molecule has 1 N–H and O–H groups in total. The Balaban J connectivity index is 1.62. The highest BCUT2D eigenvalue weighted by Gasteiger charge is 2.27. The van der Waals surface area contributed by atoms with Crippen LogP contribution in [0.4, 0.5) is 16.2 Å². The number of rotatable bonds is 5. The number of urea groups is 1. The molecular weight excluding hydrogens is 388 g/mol. The van der Waals surface area contributed by atoms with E-state index in [0.717, 1.165) is 31.8 Å². The van der Waals surface area contributed by atoms with E-state index in [-0.39, 0.29) is 22.7 Å². The summed E-state index contributed by atoms with van der Waals surface area (Å²) in [4.78, 5) is 26.5. The second-order valence-corrected chi connectivity index (χ2v) is 8.99. The molecule has 2 saturated heterocycles. The first-order chi connectivity index (χ1) is 13.3. The molecule has 1 aromatic carbocycles. The maximum absolute atomic E-state index is 12.3. The third-order valence-electron chi connectivity index (χ3n) is 4.98. The average Bonchev–Trinajstić information content (AvgIpc) is 3.18. The van der Waals surface area contributed by atoms with Gasteiger partial charge in [-0.2, -0.15) is 0 Å². The van der Waals surface area contributed by atoms with Gasteiger partial charge in [-0.25, -0.2) is 13.2 Å². The van der Waals surface area contributed by atoms with E-state index in [9.17, 15) is 23.3 Å². The van der Waals surface area contributed by atoms with Gasteiger partial charge in [-0.3, -0.25) is 10.1 Å². The van der Waals surface area contributed by atoms with Crippen molar-refractivity contribution in [1.29, 1.82) is 0 Å². The Labute approximate surface area is 163 Å². The fraction of sp³-hybridized carbons (Fsp3) is 0.588. The normalized spacial score (nSPS) is 20.2. The van der Waals surface area contributed by atoms with Gasteiger partial charge >= 0.3 is 6.03 Å². The van der Waals surface area contributed by atoms with Gasteiger partial charge in [0.2, 0.25) is 0 Å². The van der Waals surface area contributed by atoms with Gasteiger partial charge in [-0.15, -0.1) is 0 Å². The molecule has 0 spiro atoms. The van der Waals surface area contributed by atoms with Gasteiger partial charge in [0, 0.05) is 51.7 Å². The largest absolute Gasteiger partial charge is 0.376 e. The number of amides is 2. The first-order valence-electron chi connectivity index (χ1n) is 9.13. The highest BCUT2D eigenvalue weighted by atomic mass is 32.2. The van der Waals surface area contributed by atoms with Gasteiger partial charge in [0.1, 0.15) is 5.69 Å². The van der Waals surface area contributed by atoms with Crippen LogP contribution >= 0.6 is 0 Å². The van der Waals surface area contributed by atoms with Gasteiger partial charge in [0.25, 0.3) is 5.69 Å². The quantitative estimate of drug-likeness (QED) is 0.566. The standard InChI is InChI=1S/C17H24N4O6S/c1-28(25,26)14-4-5-15(16(11-14)21(23)24)19-6-8-20(9-7-19)17(22)18-12-13-3-2-10-27-13/h4-5,11,13H,2-3,6-10,12H2,1H3,(H,18,22)/t13-/m1/s1. The smallest absolute Gasteiger partial charge is 0.317 e. The van der Waals surface area contributed by atoms with E-state index >= 15 is 0 Å². The van der Waals surface area contributed by atoms with E-state index in [2.05, 4.69) is 5.32 Å². The monoisotopic (exact) mass is 412 g/mol. The molecule has 28 heavy (non-hydrogen) atoms. The molecular formula is C17H24N4O6S. The number of ether oxygens (including phenoxy) is 1. The summed E-state index contributed by atoms with van der Waals surface area (Å²) in [5, 5.41) is 14.3.